The number of hydrogen-bond donors (Lipinski definition) is 0. The Hall–Kier alpha value is -1.05. The summed E-state index contributed by atoms with van der Waals surface area (Å²) in [6, 6.07) is 8.58. The van der Waals surface area contributed by atoms with Gasteiger partial charge in [0.2, 0.25) is 0 Å². The van der Waals surface area contributed by atoms with Crippen LogP contribution in [0.15, 0.2) is 40.4 Å². The Morgan fingerprint density at radius 1 is 1.18 bits per heavy atom. The van der Waals surface area contributed by atoms with Crippen molar-refractivity contribution < 1.29 is 0 Å². The van der Waals surface area contributed by atoms with Gasteiger partial charge in [-0.3, -0.25) is 4.78 Å². The van der Waals surface area contributed by atoms with Gasteiger partial charge in [0.25, 0.3) is 0 Å². The van der Waals surface area contributed by atoms with Crippen molar-refractivity contribution >= 4 is 30.6 Å². The molecule has 22 heavy (non-hydrogen) atoms. The molecule has 2 aliphatic rings. The monoisotopic (exact) mass is 335 g/mol. The van der Waals surface area contributed by atoms with Gasteiger partial charge in [0, 0.05) is 23.8 Å². The predicted molar refractivity (Wildman–Crippen MR) is 97.8 cm³/mol. The summed E-state index contributed by atoms with van der Waals surface area (Å²) in [5, 5.41) is 5.76. The second-order valence-corrected chi connectivity index (χ2v) is 9.74. The lowest BCUT2D eigenvalue weighted by Crippen LogP contribution is -2.31. The summed E-state index contributed by atoms with van der Waals surface area (Å²) in [6.07, 6.45) is 1.96. The number of allylic oxidation sites excluding steroid dienone is 2. The maximum atomic E-state index is 6.83. The first-order chi connectivity index (χ1) is 10.2. The van der Waals surface area contributed by atoms with E-state index in [-0.39, 0.29) is 11.0 Å². The second-order valence-electron chi connectivity index (χ2n) is 7.40. The fraction of sp³-hybridized carbons (Fsp3) is 0.471. The second kappa shape index (κ2) is 4.97. The zero-order valence-corrected chi connectivity index (χ0v) is 15.7. The van der Waals surface area contributed by atoms with Gasteiger partial charge < -0.3 is 4.90 Å². The zero-order valence-electron chi connectivity index (χ0n) is 14.1. The minimum absolute atomic E-state index is 0.0595. The molecule has 0 bridgehead atoms. The third-order valence-corrected chi connectivity index (χ3v) is 7.10. The number of anilines is 1. The van der Waals surface area contributed by atoms with E-state index in [2.05, 4.69) is 75.9 Å². The highest BCUT2D eigenvalue weighted by atomic mass is 35.7. The van der Waals surface area contributed by atoms with E-state index in [1.165, 1.54) is 16.9 Å². The normalized spacial score (nSPS) is 26.8. The van der Waals surface area contributed by atoms with Crippen molar-refractivity contribution in [3.63, 3.8) is 0 Å². The first-order valence-corrected chi connectivity index (χ1v) is 9.73. The van der Waals surface area contributed by atoms with E-state index < -0.39 is 7.43 Å². The van der Waals surface area contributed by atoms with E-state index >= 15 is 0 Å². The maximum absolute atomic E-state index is 6.83. The van der Waals surface area contributed by atoms with Gasteiger partial charge in [-0.2, -0.15) is 5.10 Å². The van der Waals surface area contributed by atoms with Crippen LogP contribution in [0.1, 0.15) is 40.2 Å². The Bertz CT molecular complexity index is 673. The van der Waals surface area contributed by atoms with Crippen LogP contribution in [-0.4, -0.2) is 23.6 Å². The van der Waals surface area contributed by atoms with E-state index in [4.69, 9.17) is 11.2 Å². The average Bonchev–Trinajstić information content (AvgIpc) is 2.88. The largest absolute Gasteiger partial charge is 0.346 e. The summed E-state index contributed by atoms with van der Waals surface area (Å²) in [4.78, 5) is 2.28. The third kappa shape index (κ3) is 2.18. The van der Waals surface area contributed by atoms with Gasteiger partial charge in [0.15, 0.2) is 0 Å². The smallest absolute Gasteiger partial charge is 0.142 e. The highest BCUT2D eigenvalue weighted by Gasteiger charge is 2.44. The van der Waals surface area contributed by atoms with Gasteiger partial charge in [-0.1, -0.05) is 43.3 Å². The fourth-order valence-electron chi connectivity index (χ4n) is 3.34. The molecule has 1 atom stereocenters. The molecule has 1 unspecified atom stereocenters. The van der Waals surface area contributed by atoms with Crippen LogP contribution in [-0.2, 0) is 5.41 Å². The molecule has 5 heteroatoms. The molecular formula is C17H23ClN3P. The number of hydrazone groups is 1. The maximum Gasteiger partial charge on any atom is 0.142 e. The van der Waals surface area contributed by atoms with E-state index in [1.54, 1.807) is 0 Å². The molecule has 0 aromatic heterocycles. The molecule has 2 aliphatic heterocycles. The Balaban J connectivity index is 2.12. The fourth-order valence-corrected chi connectivity index (χ4v) is 6.14. The summed E-state index contributed by atoms with van der Waals surface area (Å²) in [6.45, 7) is 11.0. The van der Waals surface area contributed by atoms with E-state index in [9.17, 15) is 0 Å². The quantitative estimate of drug-likeness (QED) is 0.601. The third-order valence-electron chi connectivity index (χ3n) is 4.36. The van der Waals surface area contributed by atoms with Gasteiger partial charge in [-0.05, 0) is 32.4 Å². The first-order valence-electron chi connectivity index (χ1n) is 7.53. The minimum Gasteiger partial charge on any atom is -0.346 e. The molecule has 0 saturated carbocycles. The number of para-hydroxylation sites is 1. The minimum atomic E-state index is -0.957. The topological polar surface area (TPSA) is 18.8 Å². The number of hydrogen-bond acceptors (Lipinski definition) is 3. The molecular weight excluding hydrogens is 313 g/mol. The van der Waals surface area contributed by atoms with E-state index in [0.717, 1.165) is 5.31 Å². The molecule has 0 fully saturated rings. The van der Waals surface area contributed by atoms with Crippen LogP contribution < -0.4 is 4.90 Å². The van der Waals surface area contributed by atoms with Crippen LogP contribution >= 0.6 is 18.7 Å². The number of halogens is 1. The van der Waals surface area contributed by atoms with Crippen LogP contribution in [0.2, 0.25) is 0 Å². The van der Waals surface area contributed by atoms with E-state index in [1.807, 2.05) is 11.0 Å². The standard InChI is InChI=1S/C17H23ClN3P/c1-16(2,3)21-19-11-14(22(21)18)15-17(4,5)12-9-7-8-10-13(12)20(15)6/h7-11H,1-6H3/b15-14+. The Morgan fingerprint density at radius 2 is 1.82 bits per heavy atom. The molecule has 2 heterocycles. The lowest BCUT2D eigenvalue weighted by atomic mass is 9.84. The highest BCUT2D eigenvalue weighted by molar-refractivity contribution is 7.86. The van der Waals surface area contributed by atoms with Crippen LogP contribution in [0.4, 0.5) is 5.69 Å². The number of benzene rings is 1. The molecule has 1 aromatic rings. The molecule has 0 radical (unpaired) electrons. The average molecular weight is 336 g/mol. The van der Waals surface area contributed by atoms with Crippen molar-refractivity contribution in [3.8, 4) is 0 Å². The molecule has 0 spiro atoms. The number of rotatable bonds is 0. The SMILES string of the molecule is CN1/C(=C2\C=NN(C(C)(C)C)P2Cl)C(C)(C)c2ccccc21. The van der Waals surface area contributed by atoms with Gasteiger partial charge >= 0.3 is 0 Å². The van der Waals surface area contributed by atoms with Crippen molar-refractivity contribution in [2.45, 2.75) is 45.6 Å². The van der Waals surface area contributed by atoms with E-state index in [0.29, 0.717) is 0 Å². The Morgan fingerprint density at radius 3 is 2.36 bits per heavy atom. The van der Waals surface area contributed by atoms with Gasteiger partial charge in [0.1, 0.15) is 7.43 Å². The van der Waals surface area contributed by atoms with Crippen LogP contribution in [0.25, 0.3) is 0 Å². The molecule has 1 aromatic carbocycles. The highest BCUT2D eigenvalue weighted by Crippen LogP contribution is 2.63. The summed E-state index contributed by atoms with van der Waals surface area (Å²) < 4.78 is 2.04. The molecule has 0 amide bonds. The lowest BCUT2D eigenvalue weighted by molar-refractivity contribution is 0.283. The van der Waals surface area contributed by atoms with Gasteiger partial charge in [-0.25, -0.2) is 0 Å². The molecule has 3 nitrogen and oxygen atoms in total. The van der Waals surface area contributed by atoms with Crippen molar-refractivity contribution in [3.05, 3.63) is 40.8 Å². The van der Waals surface area contributed by atoms with Gasteiger partial charge in [0.05, 0.1) is 17.1 Å². The molecule has 118 valence electrons. The first kappa shape index (κ1) is 15.8. The van der Waals surface area contributed by atoms with Crippen LogP contribution in [0.3, 0.4) is 0 Å². The lowest BCUT2D eigenvalue weighted by Gasteiger charge is -2.34. The summed E-state index contributed by atoms with van der Waals surface area (Å²) >= 11 is 6.83. The Kier molecular flexibility index (Phi) is 3.58. The summed E-state index contributed by atoms with van der Waals surface area (Å²) in [5.41, 5.74) is 3.75. The summed E-state index contributed by atoms with van der Waals surface area (Å²) in [7, 11) is 1.17. The summed E-state index contributed by atoms with van der Waals surface area (Å²) in [5.74, 6) is 0. The van der Waals surface area contributed by atoms with Crippen LogP contribution in [0, 0.1) is 0 Å². The van der Waals surface area contributed by atoms with Crippen molar-refractivity contribution in [2.75, 3.05) is 11.9 Å². The van der Waals surface area contributed by atoms with Crippen molar-refractivity contribution in [2.24, 2.45) is 5.10 Å². The number of fused-ring (bicyclic) bond motifs is 1. The molecule has 0 N–H and O–H groups in total. The Labute approximate surface area is 139 Å². The molecule has 3 rings (SSSR count). The number of likely N-dealkylation sites (N-methyl/N-ethyl adjacent to an activating group) is 1. The zero-order chi connectivity index (χ0) is 16.3. The van der Waals surface area contributed by atoms with Crippen molar-refractivity contribution in [1.29, 1.82) is 0 Å². The van der Waals surface area contributed by atoms with Crippen LogP contribution in [0.5, 0.6) is 0 Å². The van der Waals surface area contributed by atoms with Crippen molar-refractivity contribution in [1.82, 2.24) is 4.78 Å². The molecule has 0 aliphatic carbocycles. The predicted octanol–water partition coefficient (Wildman–Crippen LogP) is 5.28. The van der Waals surface area contributed by atoms with Gasteiger partial charge in [-0.15, -0.1) is 0 Å². The molecule has 0 saturated heterocycles. The number of nitrogens with zero attached hydrogens (tertiary/aromatic N) is 3.